The van der Waals surface area contributed by atoms with Crippen LogP contribution in [0.15, 0.2) is 6.20 Å². The van der Waals surface area contributed by atoms with Crippen LogP contribution in [-0.2, 0) is 6.54 Å². The van der Waals surface area contributed by atoms with Gasteiger partial charge in [0.05, 0.1) is 6.20 Å². The van der Waals surface area contributed by atoms with E-state index in [1.807, 2.05) is 6.20 Å². The van der Waals surface area contributed by atoms with Crippen LogP contribution in [0.2, 0.25) is 0 Å². The first-order chi connectivity index (χ1) is 8.63. The molecule has 1 heterocycles. The Hall–Kier alpha value is -0.990. The molecule has 18 heavy (non-hydrogen) atoms. The number of nitrogen functional groups attached to an aromatic ring is 1. The maximum Gasteiger partial charge on any atom is 0.124 e. The summed E-state index contributed by atoms with van der Waals surface area (Å²) in [6.07, 6.45) is 10.7. The number of anilines is 1. The number of aromatic nitrogens is 2. The molecule has 3 heteroatoms. The molecule has 5 rings (SSSR count). The number of aryl methyl sites for hydroxylation is 1. The van der Waals surface area contributed by atoms with Crippen LogP contribution in [0.3, 0.4) is 0 Å². The summed E-state index contributed by atoms with van der Waals surface area (Å²) in [5.41, 5.74) is 7.79. The van der Waals surface area contributed by atoms with Crippen molar-refractivity contribution in [1.29, 1.82) is 0 Å². The van der Waals surface area contributed by atoms with Gasteiger partial charge in [-0.15, -0.1) is 0 Å². The van der Waals surface area contributed by atoms with Crippen LogP contribution in [0.1, 0.15) is 44.1 Å². The quantitative estimate of drug-likeness (QED) is 0.870. The second kappa shape index (κ2) is 3.52. The molecule has 0 atom stereocenters. The highest BCUT2D eigenvalue weighted by molar-refractivity contribution is 5.37. The van der Waals surface area contributed by atoms with Crippen LogP contribution in [-0.4, -0.2) is 9.78 Å². The van der Waals surface area contributed by atoms with E-state index in [-0.39, 0.29) is 0 Å². The summed E-state index contributed by atoms with van der Waals surface area (Å²) in [5, 5.41) is 4.48. The van der Waals surface area contributed by atoms with E-state index in [0.29, 0.717) is 5.41 Å². The lowest BCUT2D eigenvalue weighted by Crippen LogP contribution is -2.48. The minimum Gasteiger partial charge on any atom is -0.384 e. The Morgan fingerprint density at radius 1 is 1.22 bits per heavy atom. The summed E-state index contributed by atoms with van der Waals surface area (Å²) in [5.74, 6) is 3.91. The van der Waals surface area contributed by atoms with Crippen molar-refractivity contribution in [2.24, 2.45) is 23.2 Å². The third-order valence-corrected chi connectivity index (χ3v) is 5.72. The van der Waals surface area contributed by atoms with E-state index in [9.17, 15) is 0 Å². The molecule has 0 aromatic carbocycles. The standard InChI is InChI=1S/C15H23N3/c1-10-8-17-18(14(10)16)9-15-5-11-2-12(6-15)4-13(3-11)7-15/h8,11-13H,2-7,9,16H2,1H3. The van der Waals surface area contributed by atoms with Gasteiger partial charge in [0.25, 0.3) is 0 Å². The Balaban J connectivity index is 1.62. The van der Waals surface area contributed by atoms with Gasteiger partial charge in [-0.25, -0.2) is 4.68 Å². The molecule has 1 aromatic heterocycles. The predicted molar refractivity (Wildman–Crippen MR) is 72.0 cm³/mol. The first-order valence-electron chi connectivity index (χ1n) is 7.41. The summed E-state index contributed by atoms with van der Waals surface area (Å²) in [4.78, 5) is 0. The Morgan fingerprint density at radius 3 is 2.22 bits per heavy atom. The average Bonchev–Trinajstić information content (AvgIpc) is 2.58. The third-order valence-electron chi connectivity index (χ3n) is 5.72. The Kier molecular flexibility index (Phi) is 2.13. The van der Waals surface area contributed by atoms with E-state index >= 15 is 0 Å². The maximum absolute atomic E-state index is 6.13. The van der Waals surface area contributed by atoms with Crippen LogP contribution in [0.4, 0.5) is 5.82 Å². The lowest BCUT2D eigenvalue weighted by molar-refractivity contribution is -0.0632. The first-order valence-corrected chi connectivity index (χ1v) is 7.41. The molecule has 1 aromatic rings. The van der Waals surface area contributed by atoms with Gasteiger partial charge in [0.15, 0.2) is 0 Å². The Bertz CT molecular complexity index is 439. The van der Waals surface area contributed by atoms with Gasteiger partial charge in [-0.3, -0.25) is 0 Å². The highest BCUT2D eigenvalue weighted by Crippen LogP contribution is 2.60. The van der Waals surface area contributed by atoms with E-state index in [1.165, 1.54) is 38.5 Å². The average molecular weight is 245 g/mol. The maximum atomic E-state index is 6.13. The van der Waals surface area contributed by atoms with E-state index in [1.54, 1.807) is 0 Å². The fourth-order valence-corrected chi connectivity index (χ4v) is 5.42. The van der Waals surface area contributed by atoms with Crippen LogP contribution in [0.5, 0.6) is 0 Å². The molecule has 4 aliphatic rings. The normalized spacial score (nSPS) is 41.5. The molecular formula is C15H23N3. The van der Waals surface area contributed by atoms with Crippen LogP contribution < -0.4 is 5.73 Å². The molecule has 0 spiro atoms. The number of rotatable bonds is 2. The molecule has 0 unspecified atom stereocenters. The Labute approximate surface area is 109 Å². The fourth-order valence-electron chi connectivity index (χ4n) is 5.42. The van der Waals surface area contributed by atoms with Crippen LogP contribution in [0, 0.1) is 30.1 Å². The molecule has 3 nitrogen and oxygen atoms in total. The third kappa shape index (κ3) is 1.52. The number of hydrogen-bond acceptors (Lipinski definition) is 2. The van der Waals surface area contributed by atoms with E-state index in [0.717, 1.165) is 35.7 Å². The topological polar surface area (TPSA) is 43.8 Å². The Morgan fingerprint density at radius 2 is 1.78 bits per heavy atom. The fraction of sp³-hybridized carbons (Fsp3) is 0.800. The number of hydrogen-bond donors (Lipinski definition) is 1. The van der Waals surface area contributed by atoms with E-state index < -0.39 is 0 Å². The van der Waals surface area contributed by atoms with Crippen LogP contribution >= 0.6 is 0 Å². The minimum absolute atomic E-state index is 0.529. The van der Waals surface area contributed by atoms with Crippen molar-refractivity contribution in [1.82, 2.24) is 9.78 Å². The van der Waals surface area contributed by atoms with Crippen molar-refractivity contribution >= 4 is 5.82 Å². The molecule has 0 radical (unpaired) electrons. The van der Waals surface area contributed by atoms with Gasteiger partial charge in [0.1, 0.15) is 5.82 Å². The van der Waals surface area contributed by atoms with E-state index in [2.05, 4.69) is 16.7 Å². The lowest BCUT2D eigenvalue weighted by Gasteiger charge is -2.56. The van der Waals surface area contributed by atoms with E-state index in [4.69, 9.17) is 5.73 Å². The lowest BCUT2D eigenvalue weighted by atomic mass is 9.49. The SMILES string of the molecule is Cc1cnn(CC23CC4CC(CC(C4)C2)C3)c1N. The monoisotopic (exact) mass is 245 g/mol. The van der Waals surface area contributed by atoms with Crippen molar-refractivity contribution < 1.29 is 0 Å². The molecular weight excluding hydrogens is 222 g/mol. The van der Waals surface area contributed by atoms with Gasteiger partial charge >= 0.3 is 0 Å². The van der Waals surface area contributed by atoms with Crippen molar-refractivity contribution in [3.63, 3.8) is 0 Å². The molecule has 4 fully saturated rings. The molecule has 4 saturated carbocycles. The zero-order valence-electron chi connectivity index (χ0n) is 11.2. The molecule has 2 N–H and O–H groups in total. The summed E-state index contributed by atoms with van der Waals surface area (Å²) in [6, 6.07) is 0. The second-order valence-electron chi connectivity index (χ2n) is 7.29. The summed E-state index contributed by atoms with van der Waals surface area (Å²) in [6.45, 7) is 3.12. The van der Waals surface area contributed by atoms with Gasteiger partial charge in [-0.1, -0.05) is 0 Å². The molecule has 0 saturated heterocycles. The van der Waals surface area contributed by atoms with Gasteiger partial charge in [0, 0.05) is 12.1 Å². The molecule has 4 bridgehead atoms. The summed E-state index contributed by atoms with van der Waals surface area (Å²) in [7, 11) is 0. The molecule has 0 aliphatic heterocycles. The van der Waals surface area contributed by atoms with Gasteiger partial charge in [-0.05, 0) is 68.6 Å². The second-order valence-corrected chi connectivity index (χ2v) is 7.29. The molecule has 4 aliphatic carbocycles. The zero-order valence-corrected chi connectivity index (χ0v) is 11.2. The van der Waals surface area contributed by atoms with Crippen molar-refractivity contribution in [3.05, 3.63) is 11.8 Å². The zero-order chi connectivity index (χ0) is 12.3. The highest BCUT2D eigenvalue weighted by atomic mass is 15.3. The molecule has 98 valence electrons. The van der Waals surface area contributed by atoms with Crippen LogP contribution in [0.25, 0.3) is 0 Å². The van der Waals surface area contributed by atoms with Crippen molar-refractivity contribution in [3.8, 4) is 0 Å². The van der Waals surface area contributed by atoms with Crippen molar-refractivity contribution in [2.45, 2.75) is 52.0 Å². The first kappa shape index (κ1) is 10.9. The summed E-state index contributed by atoms with van der Waals surface area (Å²) < 4.78 is 2.07. The predicted octanol–water partition coefficient (Wildman–Crippen LogP) is 2.99. The largest absolute Gasteiger partial charge is 0.384 e. The number of nitrogens with zero attached hydrogens (tertiary/aromatic N) is 2. The molecule has 0 amide bonds. The van der Waals surface area contributed by atoms with Crippen molar-refractivity contribution in [2.75, 3.05) is 5.73 Å². The van der Waals surface area contributed by atoms with Gasteiger partial charge in [0.2, 0.25) is 0 Å². The summed E-state index contributed by atoms with van der Waals surface area (Å²) >= 11 is 0. The van der Waals surface area contributed by atoms with Gasteiger partial charge < -0.3 is 5.73 Å². The van der Waals surface area contributed by atoms with Gasteiger partial charge in [-0.2, -0.15) is 5.10 Å². The highest BCUT2D eigenvalue weighted by Gasteiger charge is 2.51. The smallest absolute Gasteiger partial charge is 0.124 e. The minimum atomic E-state index is 0.529. The number of nitrogens with two attached hydrogens (primary N) is 1.